The summed E-state index contributed by atoms with van der Waals surface area (Å²) in [7, 11) is 0. The highest BCUT2D eigenvalue weighted by Gasteiger charge is 2.18. The van der Waals surface area contributed by atoms with Crippen LogP contribution in [0.25, 0.3) is 0 Å². The molecule has 94 valence electrons. The van der Waals surface area contributed by atoms with Crippen LogP contribution in [0.2, 0.25) is 0 Å². The Kier molecular flexibility index (Phi) is 5.06. The van der Waals surface area contributed by atoms with Gasteiger partial charge in [0.05, 0.1) is 0 Å². The van der Waals surface area contributed by atoms with Gasteiger partial charge in [-0.3, -0.25) is 0 Å². The first-order chi connectivity index (χ1) is 8.38. The van der Waals surface area contributed by atoms with Crippen LogP contribution in [0.15, 0.2) is 30.3 Å². The van der Waals surface area contributed by atoms with Gasteiger partial charge in [-0.25, -0.2) is 0 Å². The first-order valence-corrected chi connectivity index (χ1v) is 7.14. The monoisotopic (exact) mass is 231 g/mol. The normalized spacial score (nSPS) is 18.4. The second-order valence-corrected chi connectivity index (χ2v) is 5.33. The maximum atomic E-state index is 2.64. The van der Waals surface area contributed by atoms with Crippen LogP contribution < -0.4 is 0 Å². The van der Waals surface area contributed by atoms with Gasteiger partial charge in [-0.15, -0.1) is 0 Å². The van der Waals surface area contributed by atoms with Crippen LogP contribution in [-0.2, 0) is 6.42 Å². The van der Waals surface area contributed by atoms with Crippen molar-refractivity contribution in [2.75, 3.05) is 19.6 Å². The lowest BCUT2D eigenvalue weighted by atomic mass is 9.90. The molecule has 2 rings (SSSR count). The fourth-order valence-electron chi connectivity index (χ4n) is 2.74. The van der Waals surface area contributed by atoms with Gasteiger partial charge in [-0.05, 0) is 56.8 Å². The minimum absolute atomic E-state index is 0.912. The number of hydrogen-bond acceptors (Lipinski definition) is 1. The molecule has 0 bridgehead atoms. The van der Waals surface area contributed by atoms with Gasteiger partial charge in [-0.2, -0.15) is 0 Å². The largest absolute Gasteiger partial charge is 0.303 e. The molecule has 1 aromatic carbocycles. The molecule has 17 heavy (non-hydrogen) atoms. The molecule has 1 saturated heterocycles. The van der Waals surface area contributed by atoms with E-state index in [2.05, 4.69) is 42.2 Å². The Labute approximate surface area is 106 Å². The Morgan fingerprint density at radius 1 is 1.12 bits per heavy atom. The second kappa shape index (κ2) is 6.80. The number of hydrogen-bond donors (Lipinski definition) is 0. The molecule has 0 aliphatic carbocycles. The zero-order valence-electron chi connectivity index (χ0n) is 11.1. The molecule has 1 nitrogen and oxygen atoms in total. The van der Waals surface area contributed by atoms with E-state index < -0.39 is 0 Å². The smallest absolute Gasteiger partial charge is 0.00160 e. The predicted molar refractivity (Wildman–Crippen MR) is 74.2 cm³/mol. The highest BCUT2D eigenvalue weighted by atomic mass is 15.1. The van der Waals surface area contributed by atoms with Crippen molar-refractivity contribution in [1.82, 2.24) is 4.90 Å². The van der Waals surface area contributed by atoms with E-state index in [-0.39, 0.29) is 0 Å². The minimum Gasteiger partial charge on any atom is -0.303 e. The van der Waals surface area contributed by atoms with Crippen molar-refractivity contribution in [3.8, 4) is 0 Å². The molecule has 0 spiro atoms. The third-order valence-electron chi connectivity index (χ3n) is 3.90. The molecule has 1 aromatic rings. The first kappa shape index (κ1) is 12.6. The Hall–Kier alpha value is -0.820. The molecular formula is C16H25N. The molecule has 0 aromatic heterocycles. The summed E-state index contributed by atoms with van der Waals surface area (Å²) in [5.74, 6) is 0.912. The lowest BCUT2D eigenvalue weighted by Gasteiger charge is -2.32. The van der Waals surface area contributed by atoms with Gasteiger partial charge in [0, 0.05) is 0 Å². The molecule has 1 aliphatic rings. The predicted octanol–water partition coefficient (Wildman–Crippen LogP) is 3.74. The van der Waals surface area contributed by atoms with Crippen LogP contribution in [-0.4, -0.2) is 24.5 Å². The van der Waals surface area contributed by atoms with Crippen molar-refractivity contribution in [3.05, 3.63) is 35.9 Å². The molecule has 0 radical (unpaired) electrons. The average molecular weight is 231 g/mol. The summed E-state index contributed by atoms with van der Waals surface area (Å²) < 4.78 is 0. The number of likely N-dealkylation sites (tertiary alicyclic amines) is 1. The van der Waals surface area contributed by atoms with E-state index in [1.165, 1.54) is 57.3 Å². The van der Waals surface area contributed by atoms with Crippen LogP contribution in [0.4, 0.5) is 0 Å². The summed E-state index contributed by atoms with van der Waals surface area (Å²) in [6.07, 6.45) is 6.74. The molecule has 0 saturated carbocycles. The van der Waals surface area contributed by atoms with Crippen LogP contribution in [0.1, 0.15) is 38.2 Å². The van der Waals surface area contributed by atoms with E-state index in [9.17, 15) is 0 Å². The first-order valence-electron chi connectivity index (χ1n) is 7.14. The number of rotatable bonds is 5. The topological polar surface area (TPSA) is 3.24 Å². The molecule has 1 heterocycles. The van der Waals surface area contributed by atoms with Crippen LogP contribution in [0, 0.1) is 5.92 Å². The number of piperidine rings is 1. The van der Waals surface area contributed by atoms with Gasteiger partial charge in [0.25, 0.3) is 0 Å². The quantitative estimate of drug-likeness (QED) is 0.746. The van der Waals surface area contributed by atoms with Gasteiger partial charge >= 0.3 is 0 Å². The Balaban J connectivity index is 1.72. The SMILES string of the molecule is CCCCN1CCC(Cc2ccccc2)CC1. The summed E-state index contributed by atoms with van der Waals surface area (Å²) in [4.78, 5) is 2.64. The van der Waals surface area contributed by atoms with E-state index in [0.717, 1.165) is 5.92 Å². The zero-order chi connectivity index (χ0) is 11.9. The summed E-state index contributed by atoms with van der Waals surface area (Å²) in [6, 6.07) is 11.0. The summed E-state index contributed by atoms with van der Waals surface area (Å²) in [5.41, 5.74) is 1.51. The summed E-state index contributed by atoms with van der Waals surface area (Å²) in [6.45, 7) is 6.23. The molecule has 1 aliphatic heterocycles. The van der Waals surface area contributed by atoms with Crippen LogP contribution in [0.5, 0.6) is 0 Å². The number of unbranched alkanes of at least 4 members (excludes halogenated alkanes) is 1. The van der Waals surface area contributed by atoms with Crippen molar-refractivity contribution >= 4 is 0 Å². The third-order valence-corrected chi connectivity index (χ3v) is 3.90. The standard InChI is InChI=1S/C16H25N/c1-2-3-11-17-12-9-16(10-13-17)14-15-7-5-4-6-8-15/h4-8,16H,2-3,9-14H2,1H3. The maximum Gasteiger partial charge on any atom is -0.00160 e. The minimum atomic E-state index is 0.912. The van der Waals surface area contributed by atoms with Gasteiger partial charge in [0.1, 0.15) is 0 Å². The third kappa shape index (κ3) is 4.16. The molecule has 0 amide bonds. The van der Waals surface area contributed by atoms with Crippen molar-refractivity contribution in [1.29, 1.82) is 0 Å². The van der Waals surface area contributed by atoms with Crippen molar-refractivity contribution in [2.45, 2.75) is 39.0 Å². The van der Waals surface area contributed by atoms with Gasteiger partial charge in [0.2, 0.25) is 0 Å². The van der Waals surface area contributed by atoms with Crippen LogP contribution in [0.3, 0.4) is 0 Å². The van der Waals surface area contributed by atoms with E-state index in [4.69, 9.17) is 0 Å². The van der Waals surface area contributed by atoms with Gasteiger partial charge in [-0.1, -0.05) is 43.7 Å². The van der Waals surface area contributed by atoms with Crippen LogP contribution >= 0.6 is 0 Å². The highest BCUT2D eigenvalue weighted by Crippen LogP contribution is 2.21. The Bertz CT molecular complexity index is 299. The lowest BCUT2D eigenvalue weighted by molar-refractivity contribution is 0.182. The number of nitrogens with zero attached hydrogens (tertiary/aromatic N) is 1. The number of benzene rings is 1. The zero-order valence-corrected chi connectivity index (χ0v) is 11.1. The molecule has 0 atom stereocenters. The molecule has 0 N–H and O–H groups in total. The maximum absolute atomic E-state index is 2.64. The summed E-state index contributed by atoms with van der Waals surface area (Å²) >= 11 is 0. The van der Waals surface area contributed by atoms with Gasteiger partial charge < -0.3 is 4.90 Å². The fraction of sp³-hybridized carbons (Fsp3) is 0.625. The van der Waals surface area contributed by atoms with Gasteiger partial charge in [0.15, 0.2) is 0 Å². The second-order valence-electron chi connectivity index (χ2n) is 5.33. The Morgan fingerprint density at radius 2 is 1.82 bits per heavy atom. The van der Waals surface area contributed by atoms with Crippen molar-refractivity contribution < 1.29 is 0 Å². The molecular weight excluding hydrogens is 206 g/mol. The van der Waals surface area contributed by atoms with E-state index >= 15 is 0 Å². The van der Waals surface area contributed by atoms with E-state index in [1.807, 2.05) is 0 Å². The Morgan fingerprint density at radius 3 is 2.47 bits per heavy atom. The fourth-order valence-corrected chi connectivity index (χ4v) is 2.74. The molecule has 1 heteroatoms. The summed E-state index contributed by atoms with van der Waals surface area (Å²) in [5, 5.41) is 0. The van der Waals surface area contributed by atoms with Crippen molar-refractivity contribution in [3.63, 3.8) is 0 Å². The van der Waals surface area contributed by atoms with E-state index in [0.29, 0.717) is 0 Å². The molecule has 0 unspecified atom stereocenters. The lowest BCUT2D eigenvalue weighted by Crippen LogP contribution is -2.34. The van der Waals surface area contributed by atoms with Crippen molar-refractivity contribution in [2.24, 2.45) is 5.92 Å². The molecule has 1 fully saturated rings. The average Bonchev–Trinajstić information content (AvgIpc) is 2.39. The highest BCUT2D eigenvalue weighted by molar-refractivity contribution is 5.15. The van der Waals surface area contributed by atoms with E-state index in [1.54, 1.807) is 0 Å².